The van der Waals surface area contributed by atoms with Gasteiger partial charge in [-0.05, 0) is 12.1 Å². The van der Waals surface area contributed by atoms with E-state index in [2.05, 4.69) is 20.9 Å². The van der Waals surface area contributed by atoms with Gasteiger partial charge in [0.15, 0.2) is 0 Å². The Labute approximate surface area is 107 Å². The summed E-state index contributed by atoms with van der Waals surface area (Å²) in [4.78, 5) is 3.87. The smallest absolute Gasteiger partial charge is 0.383 e. The van der Waals surface area contributed by atoms with Crippen LogP contribution in [0.2, 0.25) is 0 Å². The lowest BCUT2D eigenvalue weighted by Crippen LogP contribution is -2.07. The van der Waals surface area contributed by atoms with E-state index in [0.29, 0.717) is 4.47 Å². The van der Waals surface area contributed by atoms with E-state index in [-0.39, 0.29) is 16.4 Å². The fourth-order valence-electron chi connectivity index (χ4n) is 1.35. The molecule has 0 bridgehead atoms. The van der Waals surface area contributed by atoms with Gasteiger partial charge in [0.25, 0.3) is 0 Å². The first-order valence-electron chi connectivity index (χ1n) is 4.46. The zero-order chi connectivity index (χ0) is 12.6. The van der Waals surface area contributed by atoms with Crippen LogP contribution in [-0.4, -0.2) is 4.98 Å². The molecular formula is C10H6BrF3N2S. The fraction of sp³-hybridized carbons (Fsp3) is 0.100. The van der Waals surface area contributed by atoms with Crippen molar-refractivity contribution in [3.05, 3.63) is 33.6 Å². The number of benzene rings is 1. The number of nitrogens with zero attached hydrogens (tertiary/aromatic N) is 1. The molecule has 1 heterocycles. The van der Waals surface area contributed by atoms with E-state index in [1.54, 1.807) is 6.07 Å². The average Bonchev–Trinajstić information content (AvgIpc) is 2.63. The Balaban J connectivity index is 2.61. The summed E-state index contributed by atoms with van der Waals surface area (Å²) in [5.41, 5.74) is 4.74. The maximum atomic E-state index is 12.8. The molecule has 0 aliphatic heterocycles. The van der Waals surface area contributed by atoms with Crippen LogP contribution in [0.15, 0.2) is 28.1 Å². The number of nitrogens with two attached hydrogens (primary N) is 1. The molecule has 17 heavy (non-hydrogen) atoms. The molecule has 90 valence electrons. The van der Waals surface area contributed by atoms with Gasteiger partial charge in [0, 0.05) is 15.4 Å². The third kappa shape index (κ3) is 2.61. The van der Waals surface area contributed by atoms with Crippen LogP contribution in [0.1, 0.15) is 5.56 Å². The minimum absolute atomic E-state index is 0.0439. The van der Waals surface area contributed by atoms with Crippen LogP contribution in [0.25, 0.3) is 10.6 Å². The van der Waals surface area contributed by atoms with Crippen LogP contribution in [0, 0.1) is 0 Å². The maximum Gasteiger partial charge on any atom is 0.417 e. The highest BCUT2D eigenvalue weighted by Gasteiger charge is 2.34. The standard InChI is InChI=1S/C10H6BrF3N2S/c11-5-1-2-6(7(3-5)10(12,13)14)9-16-8(15)4-17-9/h1-4H,15H2. The van der Waals surface area contributed by atoms with E-state index in [0.717, 1.165) is 17.4 Å². The summed E-state index contributed by atoms with van der Waals surface area (Å²) < 4.78 is 38.9. The fourth-order valence-corrected chi connectivity index (χ4v) is 2.46. The Morgan fingerprint density at radius 3 is 2.53 bits per heavy atom. The van der Waals surface area contributed by atoms with Crippen molar-refractivity contribution >= 4 is 33.1 Å². The summed E-state index contributed by atoms with van der Waals surface area (Å²) >= 11 is 4.11. The highest BCUT2D eigenvalue weighted by molar-refractivity contribution is 9.10. The summed E-state index contributed by atoms with van der Waals surface area (Å²) in [6, 6.07) is 3.96. The van der Waals surface area contributed by atoms with Gasteiger partial charge in [-0.3, -0.25) is 0 Å². The minimum atomic E-state index is -4.42. The number of alkyl halides is 3. The molecule has 0 aliphatic carbocycles. The molecule has 0 saturated heterocycles. The van der Waals surface area contributed by atoms with Gasteiger partial charge in [-0.25, -0.2) is 4.98 Å². The van der Waals surface area contributed by atoms with Gasteiger partial charge in [-0.1, -0.05) is 22.0 Å². The van der Waals surface area contributed by atoms with Gasteiger partial charge < -0.3 is 5.73 Å². The largest absolute Gasteiger partial charge is 0.417 e. The first kappa shape index (κ1) is 12.4. The molecule has 2 aromatic rings. The summed E-state index contributed by atoms with van der Waals surface area (Å²) in [7, 11) is 0. The quantitative estimate of drug-likeness (QED) is 0.855. The average molecular weight is 323 g/mol. The Hall–Kier alpha value is -1.08. The zero-order valence-electron chi connectivity index (χ0n) is 8.25. The second-order valence-corrected chi connectivity index (χ2v) is 5.04. The van der Waals surface area contributed by atoms with Gasteiger partial charge in [0.05, 0.1) is 5.56 Å². The van der Waals surface area contributed by atoms with Crippen molar-refractivity contribution < 1.29 is 13.2 Å². The number of rotatable bonds is 1. The Kier molecular flexibility index (Phi) is 3.13. The van der Waals surface area contributed by atoms with Crippen molar-refractivity contribution in [1.82, 2.24) is 4.98 Å². The first-order valence-corrected chi connectivity index (χ1v) is 6.13. The molecule has 2 nitrogen and oxygen atoms in total. The predicted octanol–water partition coefficient (Wildman–Crippen LogP) is 4.17. The molecule has 2 N–H and O–H groups in total. The number of hydrogen-bond donors (Lipinski definition) is 1. The Morgan fingerprint density at radius 1 is 1.29 bits per heavy atom. The number of nitrogen functional groups attached to an aromatic ring is 1. The highest BCUT2D eigenvalue weighted by atomic mass is 79.9. The van der Waals surface area contributed by atoms with Crippen molar-refractivity contribution in [3.8, 4) is 10.6 Å². The highest BCUT2D eigenvalue weighted by Crippen LogP contribution is 2.39. The molecule has 2 rings (SSSR count). The number of anilines is 1. The molecule has 0 fully saturated rings. The van der Waals surface area contributed by atoms with Crippen LogP contribution in [0.4, 0.5) is 19.0 Å². The van der Waals surface area contributed by atoms with E-state index >= 15 is 0 Å². The van der Waals surface area contributed by atoms with E-state index in [1.165, 1.54) is 11.4 Å². The lowest BCUT2D eigenvalue weighted by Gasteiger charge is -2.11. The van der Waals surface area contributed by atoms with Crippen LogP contribution in [0.3, 0.4) is 0 Å². The number of thiazole rings is 1. The normalized spacial score (nSPS) is 11.8. The summed E-state index contributed by atoms with van der Waals surface area (Å²) in [5, 5.41) is 1.78. The topological polar surface area (TPSA) is 38.9 Å². The van der Waals surface area contributed by atoms with Crippen molar-refractivity contribution in [2.75, 3.05) is 5.73 Å². The summed E-state index contributed by atoms with van der Waals surface area (Å²) in [5.74, 6) is 0.223. The van der Waals surface area contributed by atoms with Gasteiger partial charge >= 0.3 is 6.18 Å². The molecule has 0 amide bonds. The molecule has 0 radical (unpaired) electrons. The first-order chi connectivity index (χ1) is 7.88. The molecule has 1 aromatic heterocycles. The van der Waals surface area contributed by atoms with Crippen molar-refractivity contribution in [2.24, 2.45) is 0 Å². The molecule has 1 aromatic carbocycles. The van der Waals surface area contributed by atoms with E-state index in [1.807, 2.05) is 0 Å². The van der Waals surface area contributed by atoms with Gasteiger partial charge in [-0.2, -0.15) is 13.2 Å². The van der Waals surface area contributed by atoms with Gasteiger partial charge in [0.2, 0.25) is 0 Å². The monoisotopic (exact) mass is 322 g/mol. The number of aromatic nitrogens is 1. The predicted molar refractivity (Wildman–Crippen MR) is 64.7 cm³/mol. The number of halogens is 4. The molecular weight excluding hydrogens is 317 g/mol. The van der Waals surface area contributed by atoms with Crippen LogP contribution < -0.4 is 5.73 Å². The van der Waals surface area contributed by atoms with E-state index in [9.17, 15) is 13.2 Å². The lowest BCUT2D eigenvalue weighted by atomic mass is 10.1. The lowest BCUT2D eigenvalue weighted by molar-refractivity contribution is -0.137. The zero-order valence-corrected chi connectivity index (χ0v) is 10.7. The number of hydrogen-bond acceptors (Lipinski definition) is 3. The van der Waals surface area contributed by atoms with Gasteiger partial charge in [0.1, 0.15) is 10.8 Å². The minimum Gasteiger partial charge on any atom is -0.383 e. The molecule has 0 saturated carbocycles. The maximum absolute atomic E-state index is 12.8. The van der Waals surface area contributed by atoms with E-state index in [4.69, 9.17) is 5.73 Å². The molecule has 0 atom stereocenters. The van der Waals surface area contributed by atoms with Crippen LogP contribution in [0.5, 0.6) is 0 Å². The summed E-state index contributed by atoms with van der Waals surface area (Å²) in [6.07, 6.45) is -4.42. The van der Waals surface area contributed by atoms with E-state index < -0.39 is 11.7 Å². The molecule has 7 heteroatoms. The third-order valence-corrected chi connectivity index (χ3v) is 3.43. The second kappa shape index (κ2) is 4.30. The summed E-state index contributed by atoms with van der Waals surface area (Å²) in [6.45, 7) is 0. The second-order valence-electron chi connectivity index (χ2n) is 3.27. The third-order valence-electron chi connectivity index (χ3n) is 2.04. The SMILES string of the molecule is Nc1csc(-c2ccc(Br)cc2C(F)(F)F)n1. The Bertz CT molecular complexity index is 551. The van der Waals surface area contributed by atoms with Crippen molar-refractivity contribution in [1.29, 1.82) is 0 Å². The van der Waals surface area contributed by atoms with Gasteiger partial charge in [-0.15, -0.1) is 11.3 Å². The Morgan fingerprint density at radius 2 is 2.00 bits per heavy atom. The van der Waals surface area contributed by atoms with Crippen LogP contribution in [-0.2, 0) is 6.18 Å². The van der Waals surface area contributed by atoms with Crippen molar-refractivity contribution in [2.45, 2.75) is 6.18 Å². The molecule has 0 aliphatic rings. The molecule has 0 unspecified atom stereocenters. The van der Waals surface area contributed by atoms with Crippen LogP contribution >= 0.6 is 27.3 Å². The molecule has 0 spiro atoms. The van der Waals surface area contributed by atoms with Crippen molar-refractivity contribution in [3.63, 3.8) is 0 Å².